The molecule has 1 N–H and O–H groups in total. The smallest absolute Gasteiger partial charge is 0.296 e. The van der Waals surface area contributed by atoms with Crippen LogP contribution in [0, 0.1) is 0 Å². The molecule has 2 aromatic carbocycles. The summed E-state index contributed by atoms with van der Waals surface area (Å²) in [5.74, 6) is 0.418. The molecule has 194 valence electrons. The Hall–Kier alpha value is -4.20. The van der Waals surface area contributed by atoms with Crippen molar-refractivity contribution in [3.05, 3.63) is 83.3 Å². The van der Waals surface area contributed by atoms with Crippen LogP contribution in [0.5, 0.6) is 17.2 Å². The van der Waals surface area contributed by atoms with Gasteiger partial charge in [-0.25, -0.2) is 0 Å². The van der Waals surface area contributed by atoms with Crippen LogP contribution < -0.4 is 14.2 Å². The Morgan fingerprint density at radius 1 is 1.03 bits per heavy atom. The summed E-state index contributed by atoms with van der Waals surface area (Å²) in [5, 5.41) is 11.3. The number of amides is 1. The predicted molar refractivity (Wildman–Crippen MR) is 138 cm³/mol. The van der Waals surface area contributed by atoms with Gasteiger partial charge in [0, 0.05) is 5.56 Å². The van der Waals surface area contributed by atoms with Gasteiger partial charge in [-0.05, 0) is 67.4 Å². The molecule has 2 heterocycles. The van der Waals surface area contributed by atoms with Gasteiger partial charge in [0.25, 0.3) is 11.7 Å². The number of methoxy groups -OCH3 is 1. The van der Waals surface area contributed by atoms with Gasteiger partial charge in [0.05, 0.1) is 44.7 Å². The van der Waals surface area contributed by atoms with Crippen molar-refractivity contribution in [1.82, 2.24) is 4.90 Å². The number of hydrogen-bond acceptors (Lipinski definition) is 7. The molecule has 1 amide bonds. The number of carbonyl (C=O) groups excluding carboxylic acids is 2. The van der Waals surface area contributed by atoms with Crippen molar-refractivity contribution in [2.75, 3.05) is 20.3 Å². The Kier molecular flexibility index (Phi) is 8.18. The number of aliphatic hydroxyl groups excluding tert-OH is 1. The van der Waals surface area contributed by atoms with E-state index in [4.69, 9.17) is 18.6 Å². The molecule has 4 rings (SSSR count). The highest BCUT2D eigenvalue weighted by molar-refractivity contribution is 6.46. The number of furan rings is 1. The van der Waals surface area contributed by atoms with E-state index in [1.165, 1.54) is 18.3 Å². The van der Waals surface area contributed by atoms with E-state index in [0.717, 1.165) is 12.8 Å². The van der Waals surface area contributed by atoms with Gasteiger partial charge in [-0.1, -0.05) is 19.4 Å². The molecule has 37 heavy (non-hydrogen) atoms. The minimum atomic E-state index is -0.865. The van der Waals surface area contributed by atoms with Crippen LogP contribution in [-0.4, -0.2) is 42.0 Å². The first kappa shape index (κ1) is 25.9. The zero-order valence-electron chi connectivity index (χ0n) is 21.2. The summed E-state index contributed by atoms with van der Waals surface area (Å²) in [6, 6.07) is 14.6. The third-order valence-electron chi connectivity index (χ3n) is 6.14. The average molecular weight is 506 g/mol. The summed E-state index contributed by atoms with van der Waals surface area (Å²) < 4.78 is 22.4. The highest BCUT2D eigenvalue weighted by Crippen LogP contribution is 2.42. The second-order valence-electron chi connectivity index (χ2n) is 8.58. The number of aliphatic hydroxyl groups is 1. The van der Waals surface area contributed by atoms with Crippen LogP contribution in [0.1, 0.15) is 49.6 Å². The fourth-order valence-electron chi connectivity index (χ4n) is 4.29. The van der Waals surface area contributed by atoms with Crippen molar-refractivity contribution < 1.29 is 33.3 Å². The van der Waals surface area contributed by atoms with Crippen LogP contribution in [0.4, 0.5) is 0 Å². The third-order valence-corrected chi connectivity index (χ3v) is 6.14. The molecule has 0 radical (unpaired) electrons. The van der Waals surface area contributed by atoms with Crippen molar-refractivity contribution in [3.8, 4) is 17.2 Å². The number of ketones is 1. The molecule has 1 atom stereocenters. The van der Waals surface area contributed by atoms with E-state index in [-0.39, 0.29) is 17.9 Å². The summed E-state index contributed by atoms with van der Waals surface area (Å²) >= 11 is 0. The molecule has 1 fully saturated rings. The van der Waals surface area contributed by atoms with Crippen molar-refractivity contribution in [1.29, 1.82) is 0 Å². The molecule has 0 bridgehead atoms. The van der Waals surface area contributed by atoms with Crippen molar-refractivity contribution >= 4 is 17.4 Å². The zero-order chi connectivity index (χ0) is 26.4. The molecule has 0 saturated carbocycles. The largest absolute Gasteiger partial charge is 0.507 e. The third kappa shape index (κ3) is 5.48. The molecule has 0 spiro atoms. The zero-order valence-corrected chi connectivity index (χ0v) is 21.2. The Balaban J connectivity index is 1.80. The minimum absolute atomic E-state index is 0.0116. The second kappa shape index (κ2) is 11.7. The summed E-state index contributed by atoms with van der Waals surface area (Å²) in [7, 11) is 1.53. The second-order valence-corrected chi connectivity index (χ2v) is 8.58. The van der Waals surface area contributed by atoms with Gasteiger partial charge in [-0.15, -0.1) is 0 Å². The molecular weight excluding hydrogens is 474 g/mol. The molecule has 1 aromatic heterocycles. The van der Waals surface area contributed by atoms with Gasteiger partial charge >= 0.3 is 0 Å². The van der Waals surface area contributed by atoms with E-state index in [0.29, 0.717) is 47.3 Å². The molecule has 8 nitrogen and oxygen atoms in total. The number of unbranched alkanes of at least 4 members (excludes halogenated alkanes) is 1. The van der Waals surface area contributed by atoms with E-state index in [9.17, 15) is 14.7 Å². The summed E-state index contributed by atoms with van der Waals surface area (Å²) in [5.41, 5.74) is 0.983. The maximum atomic E-state index is 13.3. The number of benzene rings is 2. The lowest BCUT2D eigenvalue weighted by Gasteiger charge is -2.25. The number of nitrogens with zero attached hydrogens (tertiary/aromatic N) is 1. The number of Topliss-reactive ketones (excluding diaryl/α,β-unsaturated/α-hetero) is 1. The minimum Gasteiger partial charge on any atom is -0.507 e. The molecular formula is C29H31NO7. The first-order chi connectivity index (χ1) is 18.0. The van der Waals surface area contributed by atoms with Gasteiger partial charge in [0.15, 0.2) is 11.5 Å². The Bertz CT molecular complexity index is 1260. The Morgan fingerprint density at radius 2 is 1.81 bits per heavy atom. The van der Waals surface area contributed by atoms with Crippen LogP contribution >= 0.6 is 0 Å². The first-order valence-corrected chi connectivity index (χ1v) is 12.3. The van der Waals surface area contributed by atoms with Gasteiger partial charge in [-0.3, -0.25) is 9.59 Å². The van der Waals surface area contributed by atoms with Crippen LogP contribution in [0.2, 0.25) is 0 Å². The maximum Gasteiger partial charge on any atom is 0.296 e. The lowest BCUT2D eigenvalue weighted by molar-refractivity contribution is -0.140. The average Bonchev–Trinajstić information content (AvgIpc) is 3.51. The van der Waals surface area contributed by atoms with E-state index in [1.54, 1.807) is 54.6 Å². The fourth-order valence-corrected chi connectivity index (χ4v) is 4.29. The molecule has 1 aliphatic rings. The van der Waals surface area contributed by atoms with E-state index >= 15 is 0 Å². The monoisotopic (exact) mass is 505 g/mol. The number of ether oxygens (including phenoxy) is 3. The van der Waals surface area contributed by atoms with E-state index in [1.807, 2.05) is 6.92 Å². The van der Waals surface area contributed by atoms with Crippen molar-refractivity contribution in [2.24, 2.45) is 0 Å². The number of carbonyl (C=O) groups is 2. The van der Waals surface area contributed by atoms with Gasteiger partial charge < -0.3 is 28.6 Å². The highest BCUT2D eigenvalue weighted by atomic mass is 16.5. The van der Waals surface area contributed by atoms with E-state index in [2.05, 4.69) is 6.92 Å². The standard InChI is InChI=1S/C29H31NO7/c1-4-6-15-37-23-14-11-20(17-24(23)34-3)26-25(27(31)19-9-12-21(13-10-19)35-5-2)28(32)29(33)30(26)18-22-8-7-16-36-22/h7-14,16-17,26,31H,4-6,15,18H2,1-3H3. The van der Waals surface area contributed by atoms with Crippen LogP contribution in [0.15, 0.2) is 70.9 Å². The van der Waals surface area contributed by atoms with Gasteiger partial charge in [0.2, 0.25) is 0 Å². The molecule has 0 aliphatic carbocycles. The van der Waals surface area contributed by atoms with E-state index < -0.39 is 17.7 Å². The summed E-state index contributed by atoms with van der Waals surface area (Å²) in [6.45, 7) is 5.06. The van der Waals surface area contributed by atoms with Gasteiger partial charge in [-0.2, -0.15) is 0 Å². The lowest BCUT2D eigenvalue weighted by atomic mass is 9.95. The number of rotatable bonds is 11. The SMILES string of the molecule is CCCCOc1ccc(C2C(=C(O)c3ccc(OCC)cc3)C(=O)C(=O)N2Cc2ccco2)cc1OC. The molecule has 3 aromatic rings. The number of likely N-dealkylation sites (tertiary alicyclic amines) is 1. The van der Waals surface area contributed by atoms with Crippen molar-refractivity contribution in [2.45, 2.75) is 39.3 Å². The van der Waals surface area contributed by atoms with Crippen LogP contribution in [0.25, 0.3) is 5.76 Å². The summed E-state index contributed by atoms with van der Waals surface area (Å²) in [4.78, 5) is 27.9. The normalized spacial score (nSPS) is 16.7. The Labute approximate surface area is 216 Å². The quantitative estimate of drug-likeness (QED) is 0.159. The van der Waals surface area contributed by atoms with Crippen molar-refractivity contribution in [3.63, 3.8) is 0 Å². The fraction of sp³-hybridized carbons (Fsp3) is 0.310. The molecule has 1 saturated heterocycles. The van der Waals surface area contributed by atoms with Crippen LogP contribution in [-0.2, 0) is 16.1 Å². The predicted octanol–water partition coefficient (Wildman–Crippen LogP) is 5.49. The number of hydrogen-bond donors (Lipinski definition) is 1. The topological polar surface area (TPSA) is 98.4 Å². The molecule has 1 aliphatic heterocycles. The first-order valence-electron chi connectivity index (χ1n) is 12.3. The summed E-state index contributed by atoms with van der Waals surface area (Å²) in [6.07, 6.45) is 3.40. The van der Waals surface area contributed by atoms with Crippen LogP contribution in [0.3, 0.4) is 0 Å². The Morgan fingerprint density at radius 3 is 2.46 bits per heavy atom. The maximum absolute atomic E-state index is 13.3. The van der Waals surface area contributed by atoms with Gasteiger partial charge in [0.1, 0.15) is 17.3 Å². The highest BCUT2D eigenvalue weighted by Gasteiger charge is 2.46. The lowest BCUT2D eigenvalue weighted by Crippen LogP contribution is -2.29. The molecule has 8 heteroatoms. The molecule has 1 unspecified atom stereocenters.